The number of aliphatic imine (C=N–C) groups is 1. The van der Waals surface area contributed by atoms with Crippen LogP contribution >= 0.6 is 0 Å². The third-order valence-electron chi connectivity index (χ3n) is 8.96. The third-order valence-corrected chi connectivity index (χ3v) is 8.96. The summed E-state index contributed by atoms with van der Waals surface area (Å²) >= 11 is 0. The average Bonchev–Trinajstić information content (AvgIpc) is 2.97. The van der Waals surface area contributed by atoms with Crippen LogP contribution in [-0.4, -0.2) is 57.2 Å². The SMILES string of the molecule is CCC1(CC)CC(=O)N(C2CCCc3ccc(C(=O)N[C@@H]4c5ccccc5OC[C@@]4(C)O)cc32)/C(=N/C(=O)OC(C)(C)C)N1. The molecule has 5 rings (SSSR count). The molecule has 44 heavy (non-hydrogen) atoms. The summed E-state index contributed by atoms with van der Waals surface area (Å²) in [5.74, 6) is 0.331. The third kappa shape index (κ3) is 6.31. The number of rotatable bonds is 5. The van der Waals surface area contributed by atoms with Crippen molar-refractivity contribution < 1.29 is 29.0 Å². The van der Waals surface area contributed by atoms with Crippen molar-refractivity contribution in [3.63, 3.8) is 0 Å². The molecule has 236 valence electrons. The maximum Gasteiger partial charge on any atom is 0.437 e. The van der Waals surface area contributed by atoms with Crippen LogP contribution in [0.2, 0.25) is 0 Å². The minimum absolute atomic E-state index is 0.0437. The van der Waals surface area contributed by atoms with Crippen molar-refractivity contribution in [1.29, 1.82) is 0 Å². The largest absolute Gasteiger partial charge is 0.490 e. The van der Waals surface area contributed by atoms with Gasteiger partial charge in [-0.3, -0.25) is 14.5 Å². The van der Waals surface area contributed by atoms with Gasteiger partial charge < -0.3 is 25.2 Å². The van der Waals surface area contributed by atoms with E-state index in [2.05, 4.69) is 15.6 Å². The van der Waals surface area contributed by atoms with Gasteiger partial charge in [0.25, 0.3) is 5.91 Å². The monoisotopic (exact) mass is 604 g/mol. The van der Waals surface area contributed by atoms with Crippen LogP contribution < -0.4 is 15.4 Å². The number of fused-ring (bicyclic) bond motifs is 2. The van der Waals surface area contributed by atoms with Crippen LogP contribution in [0.4, 0.5) is 4.79 Å². The Bertz CT molecular complexity index is 1470. The van der Waals surface area contributed by atoms with Gasteiger partial charge in [0.1, 0.15) is 23.6 Å². The molecule has 2 heterocycles. The first-order chi connectivity index (χ1) is 20.8. The second kappa shape index (κ2) is 11.9. The molecule has 1 aliphatic carbocycles. The summed E-state index contributed by atoms with van der Waals surface area (Å²) in [4.78, 5) is 46.4. The van der Waals surface area contributed by atoms with Crippen LogP contribution in [0, 0.1) is 0 Å². The van der Waals surface area contributed by atoms with Gasteiger partial charge in [-0.25, -0.2) is 4.79 Å². The number of hydrogen-bond acceptors (Lipinski definition) is 6. The lowest BCUT2D eigenvalue weighted by Gasteiger charge is -2.46. The number of ether oxygens (including phenoxy) is 2. The number of carbonyl (C=O) groups is 3. The van der Waals surface area contributed by atoms with Gasteiger partial charge in [-0.1, -0.05) is 38.1 Å². The summed E-state index contributed by atoms with van der Waals surface area (Å²) in [5, 5.41) is 17.6. The van der Waals surface area contributed by atoms with E-state index in [1.54, 1.807) is 38.7 Å². The van der Waals surface area contributed by atoms with Crippen molar-refractivity contribution >= 4 is 23.9 Å². The molecule has 0 aromatic heterocycles. The second-order valence-electron chi connectivity index (χ2n) is 13.4. The number of para-hydroxylation sites is 1. The highest BCUT2D eigenvalue weighted by atomic mass is 16.6. The molecule has 3 amide bonds. The van der Waals surface area contributed by atoms with Crippen molar-refractivity contribution in [2.24, 2.45) is 4.99 Å². The Morgan fingerprint density at radius 2 is 1.89 bits per heavy atom. The van der Waals surface area contributed by atoms with Gasteiger partial charge in [-0.05, 0) is 89.1 Å². The van der Waals surface area contributed by atoms with E-state index in [1.165, 1.54) is 0 Å². The van der Waals surface area contributed by atoms with Gasteiger partial charge in [-0.2, -0.15) is 0 Å². The Kier molecular flexibility index (Phi) is 8.50. The number of amides is 3. The fourth-order valence-electron chi connectivity index (χ4n) is 6.41. The molecule has 1 fully saturated rings. The Morgan fingerprint density at radius 3 is 2.59 bits per heavy atom. The lowest BCUT2D eigenvalue weighted by Crippen LogP contribution is -2.63. The first kappa shape index (κ1) is 31.5. The number of aryl methyl sites for hydroxylation is 1. The number of benzene rings is 2. The molecule has 0 radical (unpaired) electrons. The summed E-state index contributed by atoms with van der Waals surface area (Å²) in [6.45, 7) is 11.0. The van der Waals surface area contributed by atoms with Crippen molar-refractivity contribution in [2.45, 2.75) is 109 Å². The molecule has 0 spiro atoms. The topological polar surface area (TPSA) is 130 Å². The van der Waals surface area contributed by atoms with Gasteiger partial charge in [0.2, 0.25) is 11.9 Å². The van der Waals surface area contributed by atoms with Gasteiger partial charge >= 0.3 is 6.09 Å². The average molecular weight is 605 g/mol. The molecular formula is C34H44N4O6. The summed E-state index contributed by atoms with van der Waals surface area (Å²) < 4.78 is 11.2. The van der Waals surface area contributed by atoms with Crippen molar-refractivity contribution in [3.05, 3.63) is 64.7 Å². The molecule has 3 N–H and O–H groups in total. The molecule has 2 aromatic rings. The van der Waals surface area contributed by atoms with E-state index < -0.39 is 34.9 Å². The van der Waals surface area contributed by atoms with E-state index in [9.17, 15) is 19.5 Å². The van der Waals surface area contributed by atoms with Crippen molar-refractivity contribution in [3.8, 4) is 5.75 Å². The first-order valence-corrected chi connectivity index (χ1v) is 15.6. The predicted molar refractivity (Wildman–Crippen MR) is 166 cm³/mol. The Hall–Kier alpha value is -3.92. The molecule has 2 aliphatic heterocycles. The number of hydrogen-bond donors (Lipinski definition) is 3. The molecule has 3 atom stereocenters. The lowest BCUT2D eigenvalue weighted by molar-refractivity contribution is -0.132. The second-order valence-corrected chi connectivity index (χ2v) is 13.4. The van der Waals surface area contributed by atoms with Crippen LogP contribution in [0.5, 0.6) is 5.75 Å². The summed E-state index contributed by atoms with van der Waals surface area (Å²) in [6.07, 6.45) is 3.14. The van der Waals surface area contributed by atoms with E-state index in [4.69, 9.17) is 9.47 Å². The van der Waals surface area contributed by atoms with Crippen LogP contribution in [0.1, 0.15) is 113 Å². The number of aliphatic hydroxyl groups is 1. The fraction of sp³-hybridized carbons (Fsp3) is 0.529. The highest BCUT2D eigenvalue weighted by Gasteiger charge is 2.45. The van der Waals surface area contributed by atoms with Crippen LogP contribution in [0.15, 0.2) is 47.5 Å². The van der Waals surface area contributed by atoms with E-state index in [-0.39, 0.29) is 30.8 Å². The summed E-state index contributed by atoms with van der Waals surface area (Å²) in [5.41, 5.74) is 0.414. The number of nitrogens with zero attached hydrogens (tertiary/aromatic N) is 2. The highest BCUT2D eigenvalue weighted by molar-refractivity contribution is 6.04. The molecular weight excluding hydrogens is 560 g/mol. The molecule has 10 nitrogen and oxygen atoms in total. The molecule has 2 aromatic carbocycles. The van der Waals surface area contributed by atoms with Crippen LogP contribution in [-0.2, 0) is 16.0 Å². The number of nitrogens with one attached hydrogen (secondary N) is 2. The standard InChI is InChI=1S/C34H44N4O6/c1-7-34(8-2)19-27(39)38(30(37-34)36-31(41)44-32(3,4)5)25-14-11-12-21-16-17-22(18-24(21)25)29(40)35-28-23-13-9-10-15-26(23)43-20-33(28,6)42/h9-10,13,15-18,25,28,42H,7-8,11-12,14,19-20H2,1-6H3,(H,35,40)(H,36,37,41)/t25?,28-,33-/m1/s1. The normalized spacial score (nSPS) is 25.3. The lowest BCUT2D eigenvalue weighted by atomic mass is 9.82. The van der Waals surface area contributed by atoms with Crippen LogP contribution in [0.25, 0.3) is 0 Å². The molecule has 10 heteroatoms. The maximum absolute atomic E-state index is 13.9. The fourth-order valence-corrected chi connectivity index (χ4v) is 6.41. The zero-order valence-electron chi connectivity index (χ0n) is 26.5. The molecule has 1 saturated heterocycles. The summed E-state index contributed by atoms with van der Waals surface area (Å²) in [6, 6.07) is 11.8. The van der Waals surface area contributed by atoms with E-state index in [0.29, 0.717) is 36.1 Å². The highest BCUT2D eigenvalue weighted by Crippen LogP contribution is 2.40. The van der Waals surface area contributed by atoms with E-state index in [0.717, 1.165) is 24.0 Å². The number of carbonyl (C=O) groups excluding carboxylic acids is 3. The Balaban J connectivity index is 1.49. The molecule has 3 aliphatic rings. The zero-order chi connectivity index (χ0) is 31.9. The molecule has 1 unspecified atom stereocenters. The first-order valence-electron chi connectivity index (χ1n) is 15.6. The molecule has 0 saturated carbocycles. The van der Waals surface area contributed by atoms with Gasteiger partial charge in [0, 0.05) is 16.7 Å². The quantitative estimate of drug-likeness (QED) is 0.420. The van der Waals surface area contributed by atoms with Gasteiger partial charge in [0.05, 0.1) is 18.5 Å². The van der Waals surface area contributed by atoms with Crippen molar-refractivity contribution in [2.75, 3.05) is 6.61 Å². The predicted octanol–water partition coefficient (Wildman–Crippen LogP) is 5.35. The maximum atomic E-state index is 13.9. The van der Waals surface area contributed by atoms with Crippen molar-refractivity contribution in [1.82, 2.24) is 15.5 Å². The Labute approximate surface area is 259 Å². The molecule has 0 bridgehead atoms. The Morgan fingerprint density at radius 1 is 1.16 bits per heavy atom. The van der Waals surface area contributed by atoms with E-state index >= 15 is 0 Å². The van der Waals surface area contributed by atoms with Crippen LogP contribution in [0.3, 0.4) is 0 Å². The van der Waals surface area contributed by atoms with E-state index in [1.807, 2.05) is 50.2 Å². The summed E-state index contributed by atoms with van der Waals surface area (Å²) in [7, 11) is 0. The smallest absolute Gasteiger partial charge is 0.437 e. The number of guanidine groups is 1. The van der Waals surface area contributed by atoms with Gasteiger partial charge in [0.15, 0.2) is 0 Å². The zero-order valence-corrected chi connectivity index (χ0v) is 26.5. The minimum Gasteiger partial charge on any atom is -0.490 e. The van der Waals surface area contributed by atoms with Gasteiger partial charge in [-0.15, -0.1) is 4.99 Å². The minimum atomic E-state index is -1.31.